The molecule has 0 aliphatic rings. The molecule has 0 saturated heterocycles. The molecule has 0 fully saturated rings. The zero-order valence-electron chi connectivity index (χ0n) is 15.9. The van der Waals surface area contributed by atoms with E-state index in [0.717, 1.165) is 5.56 Å². The summed E-state index contributed by atoms with van der Waals surface area (Å²) in [5, 5.41) is 4.37. The summed E-state index contributed by atoms with van der Waals surface area (Å²) in [6, 6.07) is 15.6. The molecular formula is C20H16ClN3O4S2. The SMILES string of the molecule is COc1ccc(Cl)cc1NS(=O)(=O)c1cc(-c2nc(-c3ccccc3)no2)sc1C. The predicted molar refractivity (Wildman–Crippen MR) is 117 cm³/mol. The van der Waals surface area contributed by atoms with E-state index in [9.17, 15) is 8.42 Å². The van der Waals surface area contributed by atoms with Crippen LogP contribution in [0.5, 0.6) is 5.75 Å². The number of aromatic nitrogens is 2. The Hall–Kier alpha value is -2.88. The summed E-state index contributed by atoms with van der Waals surface area (Å²) in [7, 11) is -2.44. The number of anilines is 1. The summed E-state index contributed by atoms with van der Waals surface area (Å²) in [5.41, 5.74) is 1.06. The first-order chi connectivity index (χ1) is 14.4. The quantitative estimate of drug-likeness (QED) is 0.422. The highest BCUT2D eigenvalue weighted by molar-refractivity contribution is 7.93. The van der Waals surface area contributed by atoms with Crippen LogP contribution in [-0.4, -0.2) is 25.7 Å². The van der Waals surface area contributed by atoms with Gasteiger partial charge in [0.1, 0.15) is 10.6 Å². The maximum atomic E-state index is 13.0. The van der Waals surface area contributed by atoms with Crippen LogP contribution in [0.25, 0.3) is 22.2 Å². The number of ether oxygens (including phenoxy) is 1. The lowest BCUT2D eigenvalue weighted by atomic mass is 10.2. The molecule has 0 aliphatic carbocycles. The van der Waals surface area contributed by atoms with Crippen molar-refractivity contribution < 1.29 is 17.7 Å². The van der Waals surface area contributed by atoms with E-state index >= 15 is 0 Å². The molecule has 4 rings (SSSR count). The number of rotatable bonds is 6. The molecule has 10 heteroatoms. The summed E-state index contributed by atoms with van der Waals surface area (Å²) >= 11 is 7.25. The van der Waals surface area contributed by atoms with Crippen LogP contribution in [0.15, 0.2) is 64.0 Å². The van der Waals surface area contributed by atoms with Crippen LogP contribution >= 0.6 is 22.9 Å². The lowest BCUT2D eigenvalue weighted by molar-refractivity contribution is 0.417. The molecule has 2 aromatic carbocycles. The molecular weight excluding hydrogens is 446 g/mol. The van der Waals surface area contributed by atoms with Crippen molar-refractivity contribution in [2.75, 3.05) is 11.8 Å². The molecule has 2 aromatic heterocycles. The standard InChI is InChI=1S/C20H16ClN3O4S2/c1-12-18(30(25,26)24-15-10-14(21)8-9-16(15)27-2)11-17(29-12)20-22-19(23-28-20)13-6-4-3-5-7-13/h3-11,24H,1-2H3. The van der Waals surface area contributed by atoms with Gasteiger partial charge in [-0.25, -0.2) is 8.42 Å². The Balaban J connectivity index is 1.66. The lowest BCUT2D eigenvalue weighted by Gasteiger charge is -2.11. The maximum absolute atomic E-state index is 13.0. The Kier molecular flexibility index (Phi) is 5.50. The first-order valence-corrected chi connectivity index (χ1v) is 11.4. The van der Waals surface area contributed by atoms with Gasteiger partial charge in [-0.2, -0.15) is 4.98 Å². The average Bonchev–Trinajstić information content (AvgIpc) is 3.36. The van der Waals surface area contributed by atoms with E-state index in [1.54, 1.807) is 19.1 Å². The van der Waals surface area contributed by atoms with Crippen LogP contribution in [0.2, 0.25) is 5.02 Å². The molecule has 154 valence electrons. The van der Waals surface area contributed by atoms with Gasteiger partial charge in [0.15, 0.2) is 0 Å². The van der Waals surface area contributed by atoms with Crippen molar-refractivity contribution in [2.24, 2.45) is 0 Å². The molecule has 0 bridgehead atoms. The Morgan fingerprint density at radius 2 is 1.90 bits per heavy atom. The molecule has 4 aromatic rings. The number of sulfonamides is 1. The summed E-state index contributed by atoms with van der Waals surface area (Å²) in [4.78, 5) is 5.64. The summed E-state index contributed by atoms with van der Waals surface area (Å²) in [6.07, 6.45) is 0. The monoisotopic (exact) mass is 461 g/mol. The third-order valence-electron chi connectivity index (χ3n) is 4.24. The minimum absolute atomic E-state index is 0.115. The van der Waals surface area contributed by atoms with Crippen molar-refractivity contribution in [1.29, 1.82) is 0 Å². The molecule has 0 spiro atoms. The van der Waals surface area contributed by atoms with Crippen molar-refractivity contribution in [3.8, 4) is 27.9 Å². The zero-order valence-corrected chi connectivity index (χ0v) is 18.3. The second kappa shape index (κ2) is 8.10. The van der Waals surface area contributed by atoms with E-state index in [4.69, 9.17) is 20.9 Å². The second-order valence-electron chi connectivity index (χ2n) is 6.27. The number of methoxy groups -OCH3 is 1. The summed E-state index contributed by atoms with van der Waals surface area (Å²) in [5.74, 6) is 1.05. The molecule has 0 saturated carbocycles. The molecule has 0 radical (unpaired) electrons. The maximum Gasteiger partial charge on any atom is 0.268 e. The number of nitrogens with one attached hydrogen (secondary N) is 1. The highest BCUT2D eigenvalue weighted by atomic mass is 35.5. The van der Waals surface area contributed by atoms with Gasteiger partial charge in [-0.1, -0.05) is 47.1 Å². The van der Waals surface area contributed by atoms with Crippen molar-refractivity contribution in [1.82, 2.24) is 10.1 Å². The number of nitrogens with zero attached hydrogens (tertiary/aromatic N) is 2. The van der Waals surface area contributed by atoms with Crippen LogP contribution in [0.3, 0.4) is 0 Å². The van der Waals surface area contributed by atoms with Crippen LogP contribution in [0.4, 0.5) is 5.69 Å². The number of aryl methyl sites for hydroxylation is 1. The van der Waals surface area contributed by atoms with E-state index in [2.05, 4.69) is 14.9 Å². The van der Waals surface area contributed by atoms with Crippen molar-refractivity contribution in [3.63, 3.8) is 0 Å². The fraction of sp³-hybridized carbons (Fsp3) is 0.100. The van der Waals surface area contributed by atoms with Crippen LogP contribution in [0, 0.1) is 6.92 Å². The van der Waals surface area contributed by atoms with Crippen LogP contribution in [0.1, 0.15) is 4.88 Å². The highest BCUT2D eigenvalue weighted by Crippen LogP contribution is 2.36. The minimum atomic E-state index is -3.89. The minimum Gasteiger partial charge on any atom is -0.495 e. The van der Waals surface area contributed by atoms with Gasteiger partial charge in [0.25, 0.3) is 15.9 Å². The Bertz CT molecular complexity index is 1300. The predicted octanol–water partition coefficient (Wildman–Crippen LogP) is 5.24. The van der Waals surface area contributed by atoms with Crippen molar-refractivity contribution >= 4 is 38.6 Å². The molecule has 0 amide bonds. The normalized spacial score (nSPS) is 11.4. The van der Waals surface area contributed by atoms with Crippen molar-refractivity contribution in [3.05, 3.63) is 64.5 Å². The molecule has 0 aliphatic heterocycles. The van der Waals surface area contributed by atoms with Crippen molar-refractivity contribution in [2.45, 2.75) is 11.8 Å². The third kappa shape index (κ3) is 4.04. The van der Waals surface area contributed by atoms with Crippen LogP contribution in [-0.2, 0) is 10.0 Å². The molecule has 7 nitrogen and oxygen atoms in total. The molecule has 1 N–H and O–H groups in total. The number of hydrogen-bond donors (Lipinski definition) is 1. The highest BCUT2D eigenvalue weighted by Gasteiger charge is 2.24. The van der Waals surface area contributed by atoms with E-state index in [-0.39, 0.29) is 16.5 Å². The van der Waals surface area contributed by atoms with Gasteiger partial charge < -0.3 is 9.26 Å². The second-order valence-corrected chi connectivity index (χ2v) is 9.61. The molecule has 0 atom stereocenters. The Morgan fingerprint density at radius 1 is 1.13 bits per heavy atom. The largest absolute Gasteiger partial charge is 0.495 e. The third-order valence-corrected chi connectivity index (χ3v) is 7.13. The number of benzene rings is 2. The molecule has 0 unspecified atom stereocenters. The van der Waals surface area contributed by atoms with Gasteiger partial charge in [-0.3, -0.25) is 4.72 Å². The fourth-order valence-corrected chi connectivity index (χ4v) is 5.57. The van der Waals surface area contributed by atoms with E-state index in [1.165, 1.54) is 30.6 Å². The van der Waals surface area contributed by atoms with E-state index in [1.807, 2.05) is 30.3 Å². The van der Waals surface area contributed by atoms with Gasteiger partial charge in [0, 0.05) is 15.5 Å². The van der Waals surface area contributed by atoms with Crippen LogP contribution < -0.4 is 9.46 Å². The average molecular weight is 462 g/mol. The summed E-state index contributed by atoms with van der Waals surface area (Å²) < 4.78 is 39.1. The van der Waals surface area contributed by atoms with Gasteiger partial charge in [-0.15, -0.1) is 11.3 Å². The van der Waals surface area contributed by atoms with E-state index in [0.29, 0.717) is 26.4 Å². The molecule has 30 heavy (non-hydrogen) atoms. The first-order valence-electron chi connectivity index (χ1n) is 8.73. The topological polar surface area (TPSA) is 94.3 Å². The number of halogens is 1. The van der Waals surface area contributed by atoms with Gasteiger partial charge >= 0.3 is 0 Å². The Morgan fingerprint density at radius 3 is 2.63 bits per heavy atom. The Labute approximate surface area is 182 Å². The van der Waals surface area contributed by atoms with Gasteiger partial charge in [0.2, 0.25) is 5.82 Å². The number of thiophene rings is 1. The number of hydrogen-bond acceptors (Lipinski definition) is 7. The van der Waals surface area contributed by atoms with E-state index < -0.39 is 10.0 Å². The smallest absolute Gasteiger partial charge is 0.268 e. The first kappa shape index (κ1) is 20.4. The fourth-order valence-electron chi connectivity index (χ4n) is 2.83. The van der Waals surface area contributed by atoms with Gasteiger partial charge in [-0.05, 0) is 31.2 Å². The zero-order chi connectivity index (χ0) is 21.3. The summed E-state index contributed by atoms with van der Waals surface area (Å²) in [6.45, 7) is 1.71. The van der Waals surface area contributed by atoms with Gasteiger partial charge in [0.05, 0.1) is 17.7 Å². The lowest BCUT2D eigenvalue weighted by Crippen LogP contribution is -2.13. The molecule has 2 heterocycles.